The lowest BCUT2D eigenvalue weighted by molar-refractivity contribution is 0.661. The molecule has 4 aliphatic heterocycles. The topological polar surface area (TPSA) is 3.24 Å². The van der Waals surface area contributed by atoms with E-state index < -0.39 is 0 Å². The summed E-state index contributed by atoms with van der Waals surface area (Å²) in [5, 5.41) is 0. The molecule has 0 spiro atoms. The molecule has 0 N–H and O–H groups in total. The molecule has 0 radical (unpaired) electrons. The molecule has 0 fully saturated rings. The van der Waals surface area contributed by atoms with Crippen molar-refractivity contribution >= 4 is 6.85 Å². The lowest BCUT2D eigenvalue weighted by Crippen LogP contribution is -2.47. The first-order valence-corrected chi connectivity index (χ1v) is 10.9. The molecule has 4 aliphatic rings. The lowest BCUT2D eigenvalue weighted by Gasteiger charge is -2.45. The Balaban J connectivity index is 1.89. The van der Waals surface area contributed by atoms with Gasteiger partial charge >= 0.3 is 6.85 Å². The van der Waals surface area contributed by atoms with Gasteiger partial charge in [-0.25, -0.2) is 0 Å². The van der Waals surface area contributed by atoms with Gasteiger partial charge in [0, 0.05) is 11.4 Å². The standard InChI is InChI=1S/C25H32BN/c1-5-7-10-19-14-22-12-9-13-23-15-20(11-8-6-2)25-17-21(18(3)4)16-24(19)26(25)27(22)23/h9,12-18H,5-8,10-11H2,1-4H3. The fourth-order valence-corrected chi connectivity index (χ4v) is 4.65. The van der Waals surface area contributed by atoms with Crippen LogP contribution in [-0.2, 0) is 0 Å². The molecule has 0 bridgehead atoms. The monoisotopic (exact) mass is 357 g/mol. The van der Waals surface area contributed by atoms with Gasteiger partial charge in [0.15, 0.2) is 0 Å². The van der Waals surface area contributed by atoms with Crippen molar-refractivity contribution in [3.63, 3.8) is 0 Å². The second-order valence-electron chi connectivity index (χ2n) is 8.55. The smallest absolute Gasteiger partial charge is 0.328 e. The number of rotatable bonds is 7. The van der Waals surface area contributed by atoms with Crippen LogP contribution in [-0.4, -0.2) is 11.7 Å². The second-order valence-corrected chi connectivity index (χ2v) is 8.55. The highest BCUT2D eigenvalue weighted by atomic mass is 15.1. The molecule has 0 saturated heterocycles. The Bertz CT molecular complexity index is 842. The van der Waals surface area contributed by atoms with Crippen LogP contribution < -0.4 is 0 Å². The van der Waals surface area contributed by atoms with Crippen LogP contribution in [0.2, 0.25) is 0 Å². The van der Waals surface area contributed by atoms with Crippen LogP contribution in [0, 0.1) is 5.92 Å². The fourth-order valence-electron chi connectivity index (χ4n) is 4.65. The zero-order valence-corrected chi connectivity index (χ0v) is 17.4. The maximum atomic E-state index is 2.57. The fraction of sp³-hybridized carbons (Fsp3) is 0.440. The third-order valence-corrected chi connectivity index (χ3v) is 6.23. The normalized spacial score (nSPS) is 20.3. The first kappa shape index (κ1) is 18.4. The number of allylic oxidation sites excluding steroid dienone is 12. The largest absolute Gasteiger partial charge is 0.377 e. The zero-order valence-electron chi connectivity index (χ0n) is 17.4. The van der Waals surface area contributed by atoms with Gasteiger partial charge in [-0.15, -0.1) is 0 Å². The summed E-state index contributed by atoms with van der Waals surface area (Å²) in [7, 11) is 0. The van der Waals surface area contributed by atoms with E-state index in [1.807, 2.05) is 0 Å². The lowest BCUT2D eigenvalue weighted by atomic mass is 9.40. The van der Waals surface area contributed by atoms with Gasteiger partial charge in [0.05, 0.1) is 0 Å². The van der Waals surface area contributed by atoms with Crippen LogP contribution in [0.15, 0.2) is 81.6 Å². The first-order valence-electron chi connectivity index (χ1n) is 10.9. The Morgan fingerprint density at radius 1 is 0.926 bits per heavy atom. The molecule has 0 aliphatic carbocycles. The van der Waals surface area contributed by atoms with Crippen LogP contribution >= 0.6 is 0 Å². The SMILES string of the molecule is CCCCC1=CC2=CC=CC3=CC(CCCC)=C4C=C(C(C)C)C=C1B4N23. The van der Waals surface area contributed by atoms with Crippen molar-refractivity contribution in [1.29, 1.82) is 0 Å². The molecule has 0 aromatic heterocycles. The molecule has 2 heteroatoms. The maximum Gasteiger partial charge on any atom is 0.328 e. The average molecular weight is 357 g/mol. The van der Waals surface area contributed by atoms with Crippen molar-refractivity contribution in [2.45, 2.75) is 66.2 Å². The molecule has 0 atom stereocenters. The summed E-state index contributed by atoms with van der Waals surface area (Å²) in [5.41, 5.74) is 10.4. The minimum atomic E-state index is 0.382. The van der Waals surface area contributed by atoms with Gasteiger partial charge in [-0.2, -0.15) is 0 Å². The van der Waals surface area contributed by atoms with Gasteiger partial charge in [-0.05, 0) is 83.6 Å². The quantitative estimate of drug-likeness (QED) is 0.450. The molecule has 27 heavy (non-hydrogen) atoms. The van der Waals surface area contributed by atoms with Gasteiger partial charge < -0.3 is 4.81 Å². The zero-order chi connectivity index (χ0) is 19.0. The molecule has 0 amide bonds. The Morgan fingerprint density at radius 2 is 1.70 bits per heavy atom. The van der Waals surface area contributed by atoms with Crippen molar-refractivity contribution < 1.29 is 0 Å². The molecule has 0 aromatic rings. The minimum Gasteiger partial charge on any atom is -0.377 e. The van der Waals surface area contributed by atoms with E-state index >= 15 is 0 Å². The van der Waals surface area contributed by atoms with E-state index in [0.717, 1.165) is 0 Å². The summed E-state index contributed by atoms with van der Waals surface area (Å²) >= 11 is 0. The Labute approximate surface area is 165 Å². The Hall–Kier alpha value is -1.96. The summed E-state index contributed by atoms with van der Waals surface area (Å²) < 4.78 is 0. The Morgan fingerprint density at radius 3 is 2.44 bits per heavy atom. The van der Waals surface area contributed by atoms with E-state index in [1.54, 1.807) is 22.1 Å². The van der Waals surface area contributed by atoms with Gasteiger partial charge in [-0.3, -0.25) is 0 Å². The number of nitrogens with zero attached hydrogens (tertiary/aromatic N) is 1. The Kier molecular flexibility index (Phi) is 5.17. The number of hydrogen-bond donors (Lipinski definition) is 0. The molecule has 140 valence electrons. The van der Waals surface area contributed by atoms with Crippen LogP contribution in [0.3, 0.4) is 0 Å². The van der Waals surface area contributed by atoms with Crippen LogP contribution in [0.5, 0.6) is 0 Å². The van der Waals surface area contributed by atoms with E-state index in [9.17, 15) is 0 Å². The van der Waals surface area contributed by atoms with E-state index in [-0.39, 0.29) is 0 Å². The molecule has 0 unspecified atom stereocenters. The highest BCUT2D eigenvalue weighted by Gasteiger charge is 2.43. The third kappa shape index (κ3) is 3.24. The van der Waals surface area contributed by atoms with Crippen molar-refractivity contribution in [2.24, 2.45) is 5.92 Å². The highest BCUT2D eigenvalue weighted by Crippen LogP contribution is 2.45. The van der Waals surface area contributed by atoms with Crippen LogP contribution in [0.25, 0.3) is 0 Å². The summed E-state index contributed by atoms with van der Waals surface area (Å²) in [6.45, 7) is 9.62. The summed E-state index contributed by atoms with van der Waals surface area (Å²) in [6.07, 6.45) is 24.1. The van der Waals surface area contributed by atoms with Crippen molar-refractivity contribution in [1.82, 2.24) is 4.81 Å². The van der Waals surface area contributed by atoms with Gasteiger partial charge in [0.1, 0.15) is 0 Å². The van der Waals surface area contributed by atoms with Gasteiger partial charge in [-0.1, -0.05) is 58.8 Å². The van der Waals surface area contributed by atoms with E-state index in [0.29, 0.717) is 12.8 Å². The number of unbranched alkanes of at least 4 members (excludes halogenated alkanes) is 2. The molecule has 1 nitrogen and oxygen atoms in total. The van der Waals surface area contributed by atoms with E-state index in [1.165, 1.54) is 55.5 Å². The average Bonchev–Trinajstić information content (AvgIpc) is 2.68. The molecule has 4 heterocycles. The maximum absolute atomic E-state index is 2.57. The molecule has 4 rings (SSSR count). The highest BCUT2D eigenvalue weighted by molar-refractivity contribution is 6.75. The molecule has 0 aromatic carbocycles. The molecular formula is C25H32BN. The van der Waals surface area contributed by atoms with Crippen LogP contribution in [0.4, 0.5) is 0 Å². The van der Waals surface area contributed by atoms with Gasteiger partial charge in [0.25, 0.3) is 0 Å². The second kappa shape index (κ2) is 7.58. The summed E-state index contributed by atoms with van der Waals surface area (Å²) in [6, 6.07) is 0. The van der Waals surface area contributed by atoms with Crippen LogP contribution in [0.1, 0.15) is 66.2 Å². The van der Waals surface area contributed by atoms with Gasteiger partial charge in [0.2, 0.25) is 0 Å². The van der Waals surface area contributed by atoms with Crippen molar-refractivity contribution in [2.75, 3.05) is 0 Å². The minimum absolute atomic E-state index is 0.382. The third-order valence-electron chi connectivity index (χ3n) is 6.23. The molecular weight excluding hydrogens is 325 g/mol. The van der Waals surface area contributed by atoms with Crippen molar-refractivity contribution in [3.8, 4) is 0 Å². The van der Waals surface area contributed by atoms with Crippen molar-refractivity contribution in [3.05, 3.63) is 81.6 Å². The number of hydrogen-bond acceptors (Lipinski definition) is 1. The van der Waals surface area contributed by atoms with E-state index in [4.69, 9.17) is 0 Å². The van der Waals surface area contributed by atoms with E-state index in [2.05, 4.69) is 75.0 Å². The molecule has 0 saturated carbocycles. The summed E-state index contributed by atoms with van der Waals surface area (Å²) in [5.74, 6) is 0.564. The predicted molar refractivity (Wildman–Crippen MR) is 118 cm³/mol. The first-order chi connectivity index (χ1) is 13.1. The predicted octanol–water partition coefficient (Wildman–Crippen LogP) is 6.85. The summed E-state index contributed by atoms with van der Waals surface area (Å²) in [4.78, 5) is 2.57.